The molecule has 1 heterocycles. The molecule has 1 aromatic heterocycles. The van der Waals surface area contributed by atoms with Crippen molar-refractivity contribution in [2.24, 2.45) is 0 Å². The predicted octanol–water partition coefficient (Wildman–Crippen LogP) is -0.0836. The number of aliphatic hydroxyl groups is 2. The summed E-state index contributed by atoms with van der Waals surface area (Å²) in [4.78, 5) is 13.7. The van der Waals surface area contributed by atoms with E-state index in [1.807, 2.05) is 6.07 Å². The number of aliphatic hydroxyl groups excluding tert-OH is 2. The van der Waals surface area contributed by atoms with E-state index < -0.39 is 0 Å². The van der Waals surface area contributed by atoms with Crippen molar-refractivity contribution < 1.29 is 15.0 Å². The average Bonchev–Trinajstić information content (AvgIpc) is 2.88. The molecule has 0 aliphatic rings. The first-order chi connectivity index (χ1) is 9.74. The second-order valence-corrected chi connectivity index (χ2v) is 4.74. The van der Waals surface area contributed by atoms with E-state index in [0.717, 1.165) is 17.2 Å². The van der Waals surface area contributed by atoms with Gasteiger partial charge in [-0.05, 0) is 12.1 Å². The first-order valence-electron chi connectivity index (χ1n) is 6.20. The minimum atomic E-state index is -0.215. The molecule has 3 N–H and O–H groups in total. The zero-order valence-electron chi connectivity index (χ0n) is 10.8. The Hall–Kier alpha value is -1.61. The minimum absolute atomic E-state index is 0.0567. The number of anilines is 1. The van der Waals surface area contributed by atoms with E-state index in [0.29, 0.717) is 24.3 Å². The quantitative estimate of drug-likeness (QED) is 0.661. The van der Waals surface area contributed by atoms with Crippen LogP contribution in [0.25, 0.3) is 11.0 Å². The second kappa shape index (κ2) is 7.25. The van der Waals surface area contributed by atoms with Gasteiger partial charge >= 0.3 is 0 Å². The first-order valence-corrected chi connectivity index (χ1v) is 6.93. The van der Waals surface area contributed by atoms with E-state index in [4.69, 9.17) is 10.2 Å². The van der Waals surface area contributed by atoms with Gasteiger partial charge in [0.05, 0.1) is 37.2 Å². The van der Waals surface area contributed by atoms with Gasteiger partial charge in [0, 0.05) is 13.1 Å². The Kier molecular flexibility index (Phi) is 5.36. The Labute approximate surface area is 120 Å². The lowest BCUT2D eigenvalue weighted by Gasteiger charge is -2.19. The molecule has 0 fully saturated rings. The van der Waals surface area contributed by atoms with Crippen LogP contribution in [0.15, 0.2) is 18.2 Å². The van der Waals surface area contributed by atoms with Crippen molar-refractivity contribution in [3.8, 4) is 0 Å². The monoisotopic (exact) mass is 296 g/mol. The Balaban J connectivity index is 2.01. The number of amides is 1. The number of benzene rings is 1. The maximum absolute atomic E-state index is 12.0. The summed E-state index contributed by atoms with van der Waals surface area (Å²) < 4.78 is 8.25. The first kappa shape index (κ1) is 14.8. The van der Waals surface area contributed by atoms with Crippen LogP contribution < -0.4 is 5.32 Å². The summed E-state index contributed by atoms with van der Waals surface area (Å²) >= 11 is 1.10. The highest BCUT2D eigenvalue weighted by Crippen LogP contribution is 2.20. The van der Waals surface area contributed by atoms with Crippen LogP contribution in [0.2, 0.25) is 0 Å². The minimum Gasteiger partial charge on any atom is -0.395 e. The van der Waals surface area contributed by atoms with E-state index in [-0.39, 0.29) is 25.7 Å². The molecule has 0 aliphatic carbocycles. The average molecular weight is 296 g/mol. The van der Waals surface area contributed by atoms with Gasteiger partial charge in [-0.1, -0.05) is 6.07 Å². The Morgan fingerprint density at radius 3 is 2.70 bits per heavy atom. The molecule has 0 aliphatic heterocycles. The van der Waals surface area contributed by atoms with E-state index >= 15 is 0 Å². The lowest BCUT2D eigenvalue weighted by atomic mass is 10.2. The molecular formula is C12H16N4O3S. The highest BCUT2D eigenvalue weighted by molar-refractivity contribution is 7.00. The zero-order chi connectivity index (χ0) is 14.4. The summed E-state index contributed by atoms with van der Waals surface area (Å²) in [5, 5.41) is 20.6. The van der Waals surface area contributed by atoms with Crippen LogP contribution in [0, 0.1) is 0 Å². The molecule has 20 heavy (non-hydrogen) atoms. The fraction of sp³-hybridized carbons (Fsp3) is 0.417. The number of carbonyl (C=O) groups is 1. The summed E-state index contributed by atoms with van der Waals surface area (Å²) in [7, 11) is 0. The summed E-state index contributed by atoms with van der Waals surface area (Å²) in [5.41, 5.74) is 2.03. The molecule has 2 aromatic rings. The van der Waals surface area contributed by atoms with Crippen molar-refractivity contribution in [1.82, 2.24) is 13.6 Å². The lowest BCUT2D eigenvalue weighted by molar-refractivity contribution is -0.117. The van der Waals surface area contributed by atoms with Crippen molar-refractivity contribution >= 4 is 34.4 Å². The Morgan fingerprint density at radius 2 is 2.00 bits per heavy atom. The van der Waals surface area contributed by atoms with Crippen LogP contribution in [-0.4, -0.2) is 62.6 Å². The standard InChI is InChI=1S/C12H16N4O3S/c17-6-4-16(5-7-18)8-11(19)13-9-2-1-3-10-12(9)15-20-14-10/h1-3,17-18H,4-8H2,(H,13,19). The van der Waals surface area contributed by atoms with Gasteiger partial charge in [0.25, 0.3) is 0 Å². The van der Waals surface area contributed by atoms with E-state index in [1.165, 1.54) is 0 Å². The third-order valence-electron chi connectivity index (χ3n) is 2.76. The molecule has 7 nitrogen and oxygen atoms in total. The van der Waals surface area contributed by atoms with E-state index in [1.54, 1.807) is 17.0 Å². The number of fused-ring (bicyclic) bond motifs is 1. The number of nitrogens with zero attached hydrogens (tertiary/aromatic N) is 3. The molecule has 0 atom stereocenters. The highest BCUT2D eigenvalue weighted by atomic mass is 32.1. The maximum Gasteiger partial charge on any atom is 0.238 e. The van der Waals surface area contributed by atoms with Gasteiger partial charge in [0.15, 0.2) is 0 Å². The van der Waals surface area contributed by atoms with Crippen molar-refractivity contribution in [2.75, 3.05) is 38.2 Å². The third kappa shape index (κ3) is 3.70. The number of nitrogens with one attached hydrogen (secondary N) is 1. The zero-order valence-corrected chi connectivity index (χ0v) is 11.6. The molecule has 1 aromatic carbocycles. The van der Waals surface area contributed by atoms with Crippen molar-refractivity contribution in [1.29, 1.82) is 0 Å². The van der Waals surface area contributed by atoms with Crippen LogP contribution in [-0.2, 0) is 4.79 Å². The van der Waals surface area contributed by atoms with Gasteiger partial charge in [-0.25, -0.2) is 0 Å². The lowest BCUT2D eigenvalue weighted by Crippen LogP contribution is -2.37. The van der Waals surface area contributed by atoms with Gasteiger partial charge in [-0.15, -0.1) is 0 Å². The smallest absolute Gasteiger partial charge is 0.238 e. The van der Waals surface area contributed by atoms with Gasteiger partial charge < -0.3 is 15.5 Å². The molecule has 108 valence electrons. The largest absolute Gasteiger partial charge is 0.395 e. The van der Waals surface area contributed by atoms with Gasteiger partial charge in [-0.3, -0.25) is 9.69 Å². The maximum atomic E-state index is 12.0. The number of carbonyl (C=O) groups excluding carboxylic acids is 1. The van der Waals surface area contributed by atoms with E-state index in [9.17, 15) is 4.79 Å². The van der Waals surface area contributed by atoms with Crippen LogP contribution in [0.4, 0.5) is 5.69 Å². The summed E-state index contributed by atoms with van der Waals surface area (Å²) in [6, 6.07) is 5.40. The van der Waals surface area contributed by atoms with Crippen LogP contribution in [0.5, 0.6) is 0 Å². The molecule has 8 heteroatoms. The number of hydrogen-bond acceptors (Lipinski definition) is 7. The number of aromatic nitrogens is 2. The van der Waals surface area contributed by atoms with Gasteiger partial charge in [0.2, 0.25) is 5.91 Å². The van der Waals surface area contributed by atoms with E-state index in [2.05, 4.69) is 14.1 Å². The topological polar surface area (TPSA) is 98.6 Å². The SMILES string of the molecule is O=C(CN(CCO)CCO)Nc1cccc2nsnc12. The molecule has 0 unspecified atom stereocenters. The molecule has 0 bridgehead atoms. The number of hydrogen-bond donors (Lipinski definition) is 3. The summed E-state index contributed by atoms with van der Waals surface area (Å²) in [5.74, 6) is -0.215. The fourth-order valence-corrected chi connectivity index (χ4v) is 2.40. The van der Waals surface area contributed by atoms with Crippen LogP contribution >= 0.6 is 11.7 Å². The van der Waals surface area contributed by atoms with Crippen molar-refractivity contribution in [3.05, 3.63) is 18.2 Å². The second-order valence-electron chi connectivity index (χ2n) is 4.21. The van der Waals surface area contributed by atoms with Crippen LogP contribution in [0.3, 0.4) is 0 Å². The van der Waals surface area contributed by atoms with Crippen molar-refractivity contribution in [3.63, 3.8) is 0 Å². The van der Waals surface area contributed by atoms with Crippen molar-refractivity contribution in [2.45, 2.75) is 0 Å². The summed E-state index contributed by atoms with van der Waals surface area (Å²) in [6.45, 7) is 0.680. The molecule has 0 spiro atoms. The van der Waals surface area contributed by atoms with Gasteiger partial charge in [-0.2, -0.15) is 8.75 Å². The van der Waals surface area contributed by atoms with Gasteiger partial charge in [0.1, 0.15) is 11.0 Å². The highest BCUT2D eigenvalue weighted by Gasteiger charge is 2.12. The predicted molar refractivity (Wildman–Crippen MR) is 76.7 cm³/mol. The molecule has 0 radical (unpaired) electrons. The molecule has 0 saturated heterocycles. The molecular weight excluding hydrogens is 280 g/mol. The molecule has 2 rings (SSSR count). The number of rotatable bonds is 7. The Bertz CT molecular complexity index is 569. The normalized spacial score (nSPS) is 11.2. The van der Waals surface area contributed by atoms with Crippen LogP contribution in [0.1, 0.15) is 0 Å². The third-order valence-corrected chi connectivity index (χ3v) is 3.30. The Morgan fingerprint density at radius 1 is 1.25 bits per heavy atom. The molecule has 1 amide bonds. The summed E-state index contributed by atoms with van der Waals surface area (Å²) in [6.07, 6.45) is 0. The molecule has 0 saturated carbocycles. The fourth-order valence-electron chi connectivity index (χ4n) is 1.85.